The lowest BCUT2D eigenvalue weighted by Crippen LogP contribution is -2.52. The molecule has 3 N–H and O–H groups in total. The maximum absolute atomic E-state index is 12.1. The Hall–Kier alpha value is -1.10. The van der Waals surface area contributed by atoms with Crippen LogP contribution in [0.5, 0.6) is 0 Å². The molecule has 0 radical (unpaired) electrons. The Bertz CT molecular complexity index is 334. The van der Waals surface area contributed by atoms with Gasteiger partial charge in [0, 0.05) is 13.1 Å². The van der Waals surface area contributed by atoms with Gasteiger partial charge in [-0.3, -0.25) is 9.59 Å². The third-order valence-corrected chi connectivity index (χ3v) is 4.22. The van der Waals surface area contributed by atoms with Crippen molar-refractivity contribution in [3.05, 3.63) is 0 Å². The Labute approximate surface area is 115 Å². The highest BCUT2D eigenvalue weighted by Gasteiger charge is 2.42. The van der Waals surface area contributed by atoms with Crippen LogP contribution < -0.4 is 5.73 Å². The smallest absolute Gasteiger partial charge is 0.309 e. The minimum absolute atomic E-state index is 0.0505. The van der Waals surface area contributed by atoms with E-state index in [0.717, 1.165) is 6.42 Å². The zero-order valence-electron chi connectivity index (χ0n) is 12.2. The van der Waals surface area contributed by atoms with Gasteiger partial charge >= 0.3 is 5.97 Å². The van der Waals surface area contributed by atoms with E-state index in [-0.39, 0.29) is 11.8 Å². The Kier molecular flexibility index (Phi) is 5.35. The molecule has 110 valence electrons. The molecule has 0 unspecified atom stereocenters. The van der Waals surface area contributed by atoms with Crippen LogP contribution in [0.1, 0.15) is 46.5 Å². The molecule has 0 aliphatic carbocycles. The molecular formula is C14H26N2O3. The fourth-order valence-electron chi connectivity index (χ4n) is 2.70. The van der Waals surface area contributed by atoms with E-state index in [4.69, 9.17) is 5.73 Å². The van der Waals surface area contributed by atoms with E-state index in [2.05, 4.69) is 0 Å². The molecule has 0 aromatic heterocycles. The first-order valence-electron chi connectivity index (χ1n) is 7.12. The van der Waals surface area contributed by atoms with Crippen molar-refractivity contribution >= 4 is 11.9 Å². The molecule has 1 aliphatic heterocycles. The van der Waals surface area contributed by atoms with Gasteiger partial charge in [-0.15, -0.1) is 0 Å². The first kappa shape index (κ1) is 16.0. The fourth-order valence-corrected chi connectivity index (χ4v) is 2.70. The summed E-state index contributed by atoms with van der Waals surface area (Å²) in [7, 11) is 0. The molecule has 0 aromatic carbocycles. The van der Waals surface area contributed by atoms with Crippen molar-refractivity contribution in [3.8, 4) is 0 Å². The minimum Gasteiger partial charge on any atom is -0.481 e. The van der Waals surface area contributed by atoms with Crippen molar-refractivity contribution < 1.29 is 14.7 Å². The summed E-state index contributed by atoms with van der Waals surface area (Å²) in [6, 6.07) is -0.483. The van der Waals surface area contributed by atoms with Crippen molar-refractivity contribution in [1.29, 1.82) is 0 Å². The van der Waals surface area contributed by atoms with Gasteiger partial charge in [-0.1, -0.05) is 27.2 Å². The molecular weight excluding hydrogens is 244 g/mol. The summed E-state index contributed by atoms with van der Waals surface area (Å²) in [5.41, 5.74) is 5.22. The monoisotopic (exact) mass is 270 g/mol. The summed E-state index contributed by atoms with van der Waals surface area (Å²) in [5.74, 6) is -0.672. The van der Waals surface area contributed by atoms with Crippen LogP contribution in [0.25, 0.3) is 0 Å². The molecule has 0 bridgehead atoms. The Morgan fingerprint density at radius 1 is 1.32 bits per heavy atom. The molecule has 1 rings (SSSR count). The summed E-state index contributed by atoms with van der Waals surface area (Å²) < 4.78 is 0. The first-order chi connectivity index (χ1) is 8.84. The van der Waals surface area contributed by atoms with Gasteiger partial charge < -0.3 is 15.7 Å². The highest BCUT2D eigenvalue weighted by atomic mass is 16.4. The van der Waals surface area contributed by atoms with Crippen LogP contribution in [0.4, 0.5) is 0 Å². The Morgan fingerprint density at radius 3 is 2.21 bits per heavy atom. The summed E-state index contributed by atoms with van der Waals surface area (Å²) in [6.45, 7) is 6.85. The SMILES string of the molecule is CCCC1(C(=O)O)CCN(C(=O)[C@@H](N)C(C)C)CC1. The zero-order valence-corrected chi connectivity index (χ0v) is 12.2. The molecule has 5 nitrogen and oxygen atoms in total. The van der Waals surface area contributed by atoms with E-state index in [1.165, 1.54) is 0 Å². The van der Waals surface area contributed by atoms with E-state index in [1.54, 1.807) is 4.90 Å². The molecule has 1 atom stereocenters. The van der Waals surface area contributed by atoms with Gasteiger partial charge in [0.15, 0.2) is 0 Å². The van der Waals surface area contributed by atoms with Crippen molar-refractivity contribution in [1.82, 2.24) is 4.90 Å². The van der Waals surface area contributed by atoms with Gasteiger partial charge in [-0.2, -0.15) is 0 Å². The number of carbonyl (C=O) groups excluding carboxylic acids is 1. The third-order valence-electron chi connectivity index (χ3n) is 4.22. The van der Waals surface area contributed by atoms with Gasteiger partial charge in [-0.25, -0.2) is 0 Å². The molecule has 1 fully saturated rings. The number of nitrogens with zero attached hydrogens (tertiary/aromatic N) is 1. The summed E-state index contributed by atoms with van der Waals surface area (Å²) in [4.78, 5) is 25.3. The van der Waals surface area contributed by atoms with Crippen LogP contribution in [-0.2, 0) is 9.59 Å². The van der Waals surface area contributed by atoms with Crippen LogP contribution in [0.2, 0.25) is 0 Å². The molecule has 0 spiro atoms. The van der Waals surface area contributed by atoms with Crippen LogP contribution >= 0.6 is 0 Å². The van der Waals surface area contributed by atoms with Gasteiger partial charge in [0.1, 0.15) is 0 Å². The average molecular weight is 270 g/mol. The van der Waals surface area contributed by atoms with Gasteiger partial charge in [0.05, 0.1) is 11.5 Å². The van der Waals surface area contributed by atoms with E-state index in [1.807, 2.05) is 20.8 Å². The zero-order chi connectivity index (χ0) is 14.6. The van der Waals surface area contributed by atoms with Gasteiger partial charge in [0.2, 0.25) is 5.91 Å². The number of amides is 1. The number of hydrogen-bond donors (Lipinski definition) is 2. The second-order valence-corrected chi connectivity index (χ2v) is 5.93. The second kappa shape index (κ2) is 6.37. The van der Waals surface area contributed by atoms with E-state index in [9.17, 15) is 14.7 Å². The number of piperidine rings is 1. The molecule has 0 aromatic rings. The van der Waals surface area contributed by atoms with Crippen LogP contribution in [0.3, 0.4) is 0 Å². The maximum Gasteiger partial charge on any atom is 0.309 e. The molecule has 1 saturated heterocycles. The number of carboxylic acid groups (broad SMARTS) is 1. The van der Waals surface area contributed by atoms with E-state index in [0.29, 0.717) is 32.4 Å². The molecule has 0 saturated carbocycles. The van der Waals surface area contributed by atoms with Crippen molar-refractivity contribution in [2.75, 3.05) is 13.1 Å². The van der Waals surface area contributed by atoms with Crippen LogP contribution in [-0.4, -0.2) is 41.0 Å². The first-order valence-corrected chi connectivity index (χ1v) is 7.12. The lowest BCUT2D eigenvalue weighted by molar-refractivity contribution is -0.155. The summed E-state index contributed by atoms with van der Waals surface area (Å²) >= 11 is 0. The molecule has 1 amide bonds. The predicted octanol–water partition coefficient (Wildman–Crippen LogP) is 1.46. The third kappa shape index (κ3) is 3.47. The van der Waals surface area contributed by atoms with E-state index < -0.39 is 17.4 Å². The molecule has 19 heavy (non-hydrogen) atoms. The van der Waals surface area contributed by atoms with Crippen LogP contribution in [0.15, 0.2) is 0 Å². The lowest BCUT2D eigenvalue weighted by Gasteiger charge is -2.40. The number of nitrogens with two attached hydrogens (primary N) is 1. The number of carbonyl (C=O) groups is 2. The van der Waals surface area contributed by atoms with Crippen molar-refractivity contribution in [3.63, 3.8) is 0 Å². The standard InChI is InChI=1S/C14H26N2O3/c1-4-5-14(13(18)19)6-8-16(9-7-14)12(17)11(15)10(2)3/h10-11H,4-9,15H2,1-3H3,(H,18,19)/t11-/m0/s1. The van der Waals surface area contributed by atoms with Gasteiger partial charge in [0.25, 0.3) is 0 Å². The highest BCUT2D eigenvalue weighted by Crippen LogP contribution is 2.36. The Morgan fingerprint density at radius 2 is 1.84 bits per heavy atom. The topological polar surface area (TPSA) is 83.6 Å². The average Bonchev–Trinajstić information content (AvgIpc) is 2.37. The second-order valence-electron chi connectivity index (χ2n) is 5.93. The normalized spacial score (nSPS) is 20.4. The van der Waals surface area contributed by atoms with Gasteiger partial charge in [-0.05, 0) is 25.2 Å². The quantitative estimate of drug-likeness (QED) is 0.792. The lowest BCUT2D eigenvalue weighted by atomic mass is 9.75. The van der Waals surface area contributed by atoms with Crippen molar-refractivity contribution in [2.24, 2.45) is 17.1 Å². The number of carboxylic acids is 1. The Balaban J connectivity index is 2.66. The fraction of sp³-hybridized carbons (Fsp3) is 0.857. The highest BCUT2D eigenvalue weighted by molar-refractivity contribution is 5.82. The number of likely N-dealkylation sites (tertiary alicyclic amines) is 1. The van der Waals surface area contributed by atoms with Crippen LogP contribution in [0, 0.1) is 11.3 Å². The largest absolute Gasteiger partial charge is 0.481 e. The number of hydrogen-bond acceptors (Lipinski definition) is 3. The summed E-state index contributed by atoms with van der Waals surface area (Å²) in [6.07, 6.45) is 2.60. The molecule has 1 aliphatic rings. The molecule has 5 heteroatoms. The maximum atomic E-state index is 12.1. The number of aliphatic carboxylic acids is 1. The molecule has 1 heterocycles. The predicted molar refractivity (Wildman–Crippen MR) is 73.6 cm³/mol. The number of rotatable bonds is 5. The summed E-state index contributed by atoms with van der Waals surface area (Å²) in [5, 5.41) is 9.41. The minimum atomic E-state index is -0.727. The van der Waals surface area contributed by atoms with E-state index >= 15 is 0 Å². The van der Waals surface area contributed by atoms with Crippen molar-refractivity contribution in [2.45, 2.75) is 52.5 Å².